The lowest BCUT2D eigenvalue weighted by Gasteiger charge is -2.12. The van der Waals surface area contributed by atoms with E-state index < -0.39 is 0 Å². The Bertz CT molecular complexity index is 465. The SMILES string of the molecule is CC1=C=CC=Cc2cccc(NCO)c21. The lowest BCUT2D eigenvalue weighted by Crippen LogP contribution is -2.03. The van der Waals surface area contributed by atoms with Gasteiger partial charge < -0.3 is 10.4 Å². The van der Waals surface area contributed by atoms with Gasteiger partial charge in [0.05, 0.1) is 0 Å². The van der Waals surface area contributed by atoms with Crippen LogP contribution in [0.25, 0.3) is 11.6 Å². The number of aliphatic hydroxyl groups is 1. The van der Waals surface area contributed by atoms with Gasteiger partial charge >= 0.3 is 0 Å². The number of rotatable bonds is 2. The van der Waals surface area contributed by atoms with E-state index in [4.69, 9.17) is 5.11 Å². The molecule has 0 aliphatic heterocycles. The van der Waals surface area contributed by atoms with Crippen molar-refractivity contribution in [3.8, 4) is 0 Å². The van der Waals surface area contributed by atoms with Crippen LogP contribution in [0.2, 0.25) is 0 Å². The van der Waals surface area contributed by atoms with E-state index in [2.05, 4.69) is 17.1 Å². The Kier molecular flexibility index (Phi) is 2.72. The van der Waals surface area contributed by atoms with E-state index in [9.17, 15) is 0 Å². The van der Waals surface area contributed by atoms with Gasteiger partial charge in [0, 0.05) is 16.8 Å². The van der Waals surface area contributed by atoms with Gasteiger partial charge in [0.2, 0.25) is 0 Å². The molecule has 0 saturated heterocycles. The molecular formula is C13H13NO. The van der Waals surface area contributed by atoms with Crippen LogP contribution in [-0.2, 0) is 0 Å². The molecular weight excluding hydrogens is 186 g/mol. The number of fused-ring (bicyclic) bond motifs is 1. The third kappa shape index (κ3) is 1.86. The minimum absolute atomic E-state index is 0.0584. The molecule has 0 bridgehead atoms. The van der Waals surface area contributed by atoms with Gasteiger partial charge in [0.25, 0.3) is 0 Å². The van der Waals surface area contributed by atoms with E-state index in [1.54, 1.807) is 0 Å². The fourth-order valence-corrected chi connectivity index (χ4v) is 1.76. The Labute approximate surface area is 89.3 Å². The number of allylic oxidation sites excluding steroid dienone is 2. The third-order valence-electron chi connectivity index (χ3n) is 2.41. The van der Waals surface area contributed by atoms with Crippen LogP contribution in [0.1, 0.15) is 18.1 Å². The molecule has 2 heteroatoms. The normalized spacial score (nSPS) is 13.1. The number of aliphatic hydroxyl groups excluding tert-OH is 1. The van der Waals surface area contributed by atoms with E-state index in [1.165, 1.54) is 0 Å². The van der Waals surface area contributed by atoms with E-state index in [-0.39, 0.29) is 6.73 Å². The average Bonchev–Trinajstić information content (AvgIpc) is 2.42. The number of hydrogen-bond acceptors (Lipinski definition) is 2. The molecule has 0 amide bonds. The Hall–Kier alpha value is -1.76. The second-order valence-corrected chi connectivity index (χ2v) is 3.40. The lowest BCUT2D eigenvalue weighted by molar-refractivity contribution is 0.325. The highest BCUT2D eigenvalue weighted by Gasteiger charge is 2.08. The fraction of sp³-hybridized carbons (Fsp3) is 0.154. The standard InChI is InChI=1S/C13H13NO/c1-10-5-2-3-6-11-7-4-8-12(13(10)11)14-9-15/h2-4,6-8,14-15H,9H2,1H3. The summed E-state index contributed by atoms with van der Waals surface area (Å²) >= 11 is 0. The molecule has 0 atom stereocenters. The van der Waals surface area contributed by atoms with E-state index >= 15 is 0 Å². The number of hydrogen-bond donors (Lipinski definition) is 2. The van der Waals surface area contributed by atoms with E-state index in [1.807, 2.05) is 37.3 Å². The summed E-state index contributed by atoms with van der Waals surface area (Å²) in [6, 6.07) is 5.98. The van der Waals surface area contributed by atoms with Crippen molar-refractivity contribution in [1.29, 1.82) is 0 Å². The third-order valence-corrected chi connectivity index (χ3v) is 2.41. The summed E-state index contributed by atoms with van der Waals surface area (Å²) in [7, 11) is 0. The Morgan fingerprint density at radius 3 is 3.07 bits per heavy atom. The molecule has 1 aromatic rings. The zero-order valence-electron chi connectivity index (χ0n) is 8.62. The van der Waals surface area contributed by atoms with Crippen molar-refractivity contribution in [3.63, 3.8) is 0 Å². The van der Waals surface area contributed by atoms with Crippen molar-refractivity contribution in [2.45, 2.75) is 6.92 Å². The number of benzene rings is 1. The van der Waals surface area contributed by atoms with Gasteiger partial charge in [-0.1, -0.05) is 24.3 Å². The minimum Gasteiger partial charge on any atom is -0.377 e. The maximum absolute atomic E-state index is 8.91. The molecule has 15 heavy (non-hydrogen) atoms. The molecule has 2 nitrogen and oxygen atoms in total. The van der Waals surface area contributed by atoms with Crippen LogP contribution in [0.5, 0.6) is 0 Å². The fourth-order valence-electron chi connectivity index (χ4n) is 1.76. The zero-order chi connectivity index (χ0) is 10.7. The van der Waals surface area contributed by atoms with Gasteiger partial charge in [-0.15, -0.1) is 5.73 Å². The maximum Gasteiger partial charge on any atom is 0.113 e. The number of anilines is 1. The highest BCUT2D eigenvalue weighted by atomic mass is 16.3. The van der Waals surface area contributed by atoms with Gasteiger partial charge in [-0.2, -0.15) is 0 Å². The topological polar surface area (TPSA) is 32.3 Å². The first kappa shape index (κ1) is 9.78. The molecule has 1 aliphatic carbocycles. The molecule has 0 unspecified atom stereocenters. The summed E-state index contributed by atoms with van der Waals surface area (Å²) in [5.41, 5.74) is 7.46. The largest absolute Gasteiger partial charge is 0.377 e. The van der Waals surface area contributed by atoms with E-state index in [0.29, 0.717) is 0 Å². The molecule has 76 valence electrons. The van der Waals surface area contributed by atoms with Crippen molar-refractivity contribution < 1.29 is 5.11 Å². The first-order valence-corrected chi connectivity index (χ1v) is 4.91. The highest BCUT2D eigenvalue weighted by Crippen LogP contribution is 2.29. The lowest BCUT2D eigenvalue weighted by atomic mass is 10.00. The van der Waals surface area contributed by atoms with Crippen LogP contribution >= 0.6 is 0 Å². The van der Waals surface area contributed by atoms with Gasteiger partial charge in [0.15, 0.2) is 0 Å². The first-order chi connectivity index (χ1) is 7.33. The quantitative estimate of drug-likeness (QED) is 0.567. The van der Waals surface area contributed by atoms with Crippen LogP contribution in [0.3, 0.4) is 0 Å². The molecule has 1 aromatic carbocycles. The summed E-state index contributed by atoms with van der Waals surface area (Å²) in [6.45, 7) is 1.96. The molecule has 0 spiro atoms. The van der Waals surface area contributed by atoms with Gasteiger partial charge in [0.1, 0.15) is 6.73 Å². The van der Waals surface area contributed by atoms with Crippen LogP contribution in [0, 0.1) is 0 Å². The second-order valence-electron chi connectivity index (χ2n) is 3.40. The summed E-state index contributed by atoms with van der Waals surface area (Å²) < 4.78 is 0. The summed E-state index contributed by atoms with van der Waals surface area (Å²) in [5, 5.41) is 11.9. The average molecular weight is 199 g/mol. The van der Waals surface area contributed by atoms with Crippen LogP contribution in [0.4, 0.5) is 5.69 Å². The highest BCUT2D eigenvalue weighted by molar-refractivity contribution is 5.83. The summed E-state index contributed by atoms with van der Waals surface area (Å²) in [6.07, 6.45) is 5.91. The Morgan fingerprint density at radius 2 is 2.27 bits per heavy atom. The summed E-state index contributed by atoms with van der Waals surface area (Å²) in [4.78, 5) is 0. The number of nitrogens with one attached hydrogen (secondary N) is 1. The van der Waals surface area contributed by atoms with Crippen molar-refractivity contribution in [2.75, 3.05) is 12.0 Å². The van der Waals surface area contributed by atoms with Gasteiger partial charge in [-0.3, -0.25) is 0 Å². The monoisotopic (exact) mass is 199 g/mol. The zero-order valence-corrected chi connectivity index (χ0v) is 8.62. The summed E-state index contributed by atoms with van der Waals surface area (Å²) in [5.74, 6) is 0. The van der Waals surface area contributed by atoms with Crippen molar-refractivity contribution in [2.24, 2.45) is 0 Å². The van der Waals surface area contributed by atoms with Gasteiger partial charge in [-0.05, 0) is 24.6 Å². The molecule has 0 aromatic heterocycles. The van der Waals surface area contributed by atoms with Crippen molar-refractivity contribution in [3.05, 3.63) is 47.2 Å². The van der Waals surface area contributed by atoms with Crippen LogP contribution < -0.4 is 5.32 Å². The maximum atomic E-state index is 8.91. The van der Waals surface area contributed by atoms with Crippen LogP contribution in [0.15, 0.2) is 36.1 Å². The Balaban J connectivity index is 2.62. The van der Waals surface area contributed by atoms with E-state index in [0.717, 1.165) is 22.4 Å². The van der Waals surface area contributed by atoms with Crippen molar-refractivity contribution in [1.82, 2.24) is 0 Å². The predicted octanol–water partition coefficient (Wildman–Crippen LogP) is 2.63. The van der Waals surface area contributed by atoms with Crippen LogP contribution in [-0.4, -0.2) is 11.8 Å². The first-order valence-electron chi connectivity index (χ1n) is 4.91. The molecule has 0 fully saturated rings. The molecule has 0 radical (unpaired) electrons. The molecule has 2 N–H and O–H groups in total. The molecule has 0 heterocycles. The Morgan fingerprint density at radius 1 is 1.40 bits per heavy atom. The smallest absolute Gasteiger partial charge is 0.113 e. The minimum atomic E-state index is -0.0584. The van der Waals surface area contributed by atoms with Gasteiger partial charge in [-0.25, -0.2) is 0 Å². The molecule has 1 aliphatic rings. The predicted molar refractivity (Wildman–Crippen MR) is 63.3 cm³/mol. The second kappa shape index (κ2) is 4.18. The van der Waals surface area contributed by atoms with Crippen molar-refractivity contribution >= 4 is 17.3 Å². The molecule has 0 saturated carbocycles. The molecule has 2 rings (SSSR count).